The third kappa shape index (κ3) is 2.03. The largest absolute Gasteiger partial charge is 0.298 e. The minimum absolute atomic E-state index is 0.191. The first kappa shape index (κ1) is 11.7. The Morgan fingerprint density at radius 1 is 0.842 bits per heavy atom. The SMILES string of the molecule is O=C1CC(c2ccccc2)N(c2ccccc2)C1=O. The smallest absolute Gasteiger partial charge is 0.295 e. The molecular weight excluding hydrogens is 238 g/mol. The zero-order valence-electron chi connectivity index (χ0n) is 10.3. The molecule has 3 heteroatoms. The molecule has 1 fully saturated rings. The summed E-state index contributed by atoms with van der Waals surface area (Å²) in [7, 11) is 0. The standard InChI is InChI=1S/C16H13NO2/c18-15-11-14(12-7-3-1-4-8-12)17(16(15)19)13-9-5-2-6-10-13/h1-10,14H,11H2. The molecule has 0 bridgehead atoms. The molecule has 1 unspecified atom stereocenters. The van der Waals surface area contributed by atoms with Crippen LogP contribution in [0, 0.1) is 0 Å². The van der Waals surface area contributed by atoms with Gasteiger partial charge in [0.1, 0.15) is 0 Å². The summed E-state index contributed by atoms with van der Waals surface area (Å²) in [5.74, 6) is -0.738. The normalized spacial score (nSPS) is 18.9. The summed E-state index contributed by atoms with van der Waals surface area (Å²) in [5, 5.41) is 0. The molecule has 2 aromatic carbocycles. The fraction of sp³-hybridized carbons (Fsp3) is 0.125. The van der Waals surface area contributed by atoms with Gasteiger partial charge >= 0.3 is 0 Å². The molecule has 0 spiro atoms. The highest BCUT2D eigenvalue weighted by atomic mass is 16.2. The number of Topliss-reactive ketones (excluding diaryl/α,β-unsaturated/α-hetero) is 1. The van der Waals surface area contributed by atoms with E-state index in [2.05, 4.69) is 0 Å². The summed E-state index contributed by atoms with van der Waals surface area (Å²) >= 11 is 0. The predicted molar refractivity (Wildman–Crippen MR) is 72.7 cm³/mol. The number of nitrogens with zero attached hydrogens (tertiary/aromatic N) is 1. The van der Waals surface area contributed by atoms with Gasteiger partial charge in [-0.05, 0) is 17.7 Å². The second kappa shape index (κ2) is 4.69. The van der Waals surface area contributed by atoms with Crippen LogP contribution in [-0.2, 0) is 9.59 Å². The van der Waals surface area contributed by atoms with Crippen molar-refractivity contribution in [1.82, 2.24) is 0 Å². The van der Waals surface area contributed by atoms with E-state index < -0.39 is 5.91 Å². The number of ketones is 1. The number of rotatable bonds is 2. The predicted octanol–water partition coefficient (Wildman–Crippen LogP) is 2.73. The Morgan fingerprint density at radius 2 is 1.42 bits per heavy atom. The molecule has 19 heavy (non-hydrogen) atoms. The van der Waals surface area contributed by atoms with Crippen LogP contribution in [0.25, 0.3) is 0 Å². The maximum absolute atomic E-state index is 12.1. The number of para-hydroxylation sites is 1. The van der Waals surface area contributed by atoms with Crippen LogP contribution in [0.5, 0.6) is 0 Å². The molecule has 0 radical (unpaired) electrons. The molecule has 1 atom stereocenters. The van der Waals surface area contributed by atoms with Crippen LogP contribution in [0.15, 0.2) is 60.7 Å². The molecule has 2 aromatic rings. The fourth-order valence-electron chi connectivity index (χ4n) is 2.46. The van der Waals surface area contributed by atoms with Gasteiger partial charge in [-0.3, -0.25) is 14.5 Å². The minimum atomic E-state index is -0.417. The topological polar surface area (TPSA) is 37.4 Å². The molecule has 1 aliphatic heterocycles. The molecule has 0 aromatic heterocycles. The van der Waals surface area contributed by atoms with Crippen molar-refractivity contribution in [2.75, 3.05) is 4.90 Å². The van der Waals surface area contributed by atoms with E-state index in [0.29, 0.717) is 0 Å². The van der Waals surface area contributed by atoms with E-state index in [1.54, 1.807) is 4.90 Å². The Balaban J connectivity index is 2.04. The van der Waals surface area contributed by atoms with Gasteiger partial charge in [-0.1, -0.05) is 48.5 Å². The average Bonchev–Trinajstić information content (AvgIpc) is 2.77. The first-order valence-corrected chi connectivity index (χ1v) is 6.24. The molecule has 3 nitrogen and oxygen atoms in total. The molecule has 1 aliphatic rings. The second-order valence-corrected chi connectivity index (χ2v) is 4.56. The maximum Gasteiger partial charge on any atom is 0.295 e. The van der Waals surface area contributed by atoms with Gasteiger partial charge in [0.2, 0.25) is 5.78 Å². The summed E-state index contributed by atoms with van der Waals surface area (Å²) in [6.07, 6.45) is 0.248. The zero-order valence-corrected chi connectivity index (χ0v) is 10.3. The van der Waals surface area contributed by atoms with E-state index in [1.807, 2.05) is 60.7 Å². The first-order valence-electron chi connectivity index (χ1n) is 6.24. The Hall–Kier alpha value is -2.42. The maximum atomic E-state index is 12.1. The fourth-order valence-corrected chi connectivity index (χ4v) is 2.46. The van der Waals surface area contributed by atoms with Crippen molar-refractivity contribution in [1.29, 1.82) is 0 Å². The van der Waals surface area contributed by atoms with Gasteiger partial charge in [0.15, 0.2) is 0 Å². The van der Waals surface area contributed by atoms with Crippen LogP contribution in [0.3, 0.4) is 0 Å². The lowest BCUT2D eigenvalue weighted by molar-refractivity contribution is -0.133. The van der Waals surface area contributed by atoms with Gasteiger partial charge in [-0.25, -0.2) is 0 Å². The zero-order chi connectivity index (χ0) is 13.2. The van der Waals surface area contributed by atoms with Crippen molar-refractivity contribution in [3.63, 3.8) is 0 Å². The molecule has 0 saturated carbocycles. The monoisotopic (exact) mass is 251 g/mol. The average molecular weight is 251 g/mol. The third-order valence-corrected chi connectivity index (χ3v) is 3.37. The molecule has 0 aliphatic carbocycles. The number of carbonyl (C=O) groups is 2. The number of hydrogen-bond donors (Lipinski definition) is 0. The Kier molecular flexibility index (Phi) is 2.88. The number of hydrogen-bond acceptors (Lipinski definition) is 2. The van der Waals surface area contributed by atoms with Crippen molar-refractivity contribution in [2.24, 2.45) is 0 Å². The molecule has 1 saturated heterocycles. The van der Waals surface area contributed by atoms with E-state index in [1.165, 1.54) is 0 Å². The van der Waals surface area contributed by atoms with Gasteiger partial charge in [0.05, 0.1) is 6.04 Å². The van der Waals surface area contributed by atoms with E-state index in [-0.39, 0.29) is 18.2 Å². The first-order chi connectivity index (χ1) is 9.27. The summed E-state index contributed by atoms with van der Waals surface area (Å²) < 4.78 is 0. The van der Waals surface area contributed by atoms with E-state index >= 15 is 0 Å². The molecule has 3 rings (SSSR count). The van der Waals surface area contributed by atoms with Gasteiger partial charge < -0.3 is 0 Å². The van der Waals surface area contributed by atoms with Crippen molar-refractivity contribution in [3.8, 4) is 0 Å². The summed E-state index contributed by atoms with van der Waals surface area (Å²) in [4.78, 5) is 25.4. The van der Waals surface area contributed by atoms with Crippen molar-refractivity contribution < 1.29 is 9.59 Å². The number of amides is 1. The number of anilines is 1. The highest BCUT2D eigenvalue weighted by molar-refractivity contribution is 6.44. The molecule has 1 amide bonds. The van der Waals surface area contributed by atoms with E-state index in [9.17, 15) is 9.59 Å². The molecular formula is C16H13NO2. The lowest BCUT2D eigenvalue weighted by atomic mass is 10.0. The Labute approximate surface area is 111 Å². The molecule has 1 heterocycles. The lowest BCUT2D eigenvalue weighted by Gasteiger charge is -2.24. The number of carbonyl (C=O) groups excluding carboxylic acids is 2. The second-order valence-electron chi connectivity index (χ2n) is 4.56. The van der Waals surface area contributed by atoms with Gasteiger partial charge in [-0.2, -0.15) is 0 Å². The van der Waals surface area contributed by atoms with Crippen LogP contribution < -0.4 is 4.90 Å². The molecule has 94 valence electrons. The van der Waals surface area contributed by atoms with Gasteiger partial charge in [0, 0.05) is 12.1 Å². The summed E-state index contributed by atoms with van der Waals surface area (Å²) in [6.45, 7) is 0. The molecule has 0 N–H and O–H groups in total. The highest BCUT2D eigenvalue weighted by Gasteiger charge is 2.39. The highest BCUT2D eigenvalue weighted by Crippen LogP contribution is 2.35. The Morgan fingerprint density at radius 3 is 2.05 bits per heavy atom. The van der Waals surface area contributed by atoms with E-state index in [4.69, 9.17) is 0 Å². The number of benzene rings is 2. The lowest BCUT2D eigenvalue weighted by Crippen LogP contribution is -2.29. The van der Waals surface area contributed by atoms with Crippen LogP contribution >= 0.6 is 0 Å². The van der Waals surface area contributed by atoms with Crippen LogP contribution in [-0.4, -0.2) is 11.7 Å². The third-order valence-electron chi connectivity index (χ3n) is 3.37. The Bertz CT molecular complexity index is 607. The van der Waals surface area contributed by atoms with Crippen molar-refractivity contribution >= 4 is 17.4 Å². The van der Waals surface area contributed by atoms with Crippen molar-refractivity contribution in [3.05, 3.63) is 66.2 Å². The van der Waals surface area contributed by atoms with E-state index in [0.717, 1.165) is 11.3 Å². The minimum Gasteiger partial charge on any atom is -0.298 e. The van der Waals surface area contributed by atoms with Gasteiger partial charge in [-0.15, -0.1) is 0 Å². The summed E-state index contributed by atoms with van der Waals surface area (Å²) in [5.41, 5.74) is 1.76. The van der Waals surface area contributed by atoms with Gasteiger partial charge in [0.25, 0.3) is 5.91 Å². The van der Waals surface area contributed by atoms with Crippen molar-refractivity contribution in [2.45, 2.75) is 12.5 Å². The van der Waals surface area contributed by atoms with Crippen LogP contribution in [0.1, 0.15) is 18.0 Å². The van der Waals surface area contributed by atoms with Crippen LogP contribution in [0.2, 0.25) is 0 Å². The van der Waals surface area contributed by atoms with Crippen LogP contribution in [0.4, 0.5) is 5.69 Å². The summed E-state index contributed by atoms with van der Waals surface area (Å²) in [6, 6.07) is 18.8. The quantitative estimate of drug-likeness (QED) is 0.770.